The van der Waals surface area contributed by atoms with Gasteiger partial charge in [-0.3, -0.25) is 4.79 Å². The highest BCUT2D eigenvalue weighted by molar-refractivity contribution is 5.76. The van der Waals surface area contributed by atoms with Gasteiger partial charge < -0.3 is 39.0 Å². The molecule has 3 aliphatic heterocycles. The number of aliphatic hydroxyl groups excluding tert-OH is 1. The third-order valence-electron chi connectivity index (χ3n) is 17.5. The van der Waals surface area contributed by atoms with Gasteiger partial charge in [0.15, 0.2) is 6.29 Å². The molecule has 5 aliphatic carbocycles. The fourth-order valence-corrected chi connectivity index (χ4v) is 15.1. The lowest BCUT2D eigenvalue weighted by Crippen LogP contribution is -2.60. The number of fused-ring (bicyclic) bond motifs is 4. The Morgan fingerprint density at radius 3 is 2.41 bits per heavy atom. The molecule has 51 heavy (non-hydrogen) atoms. The Balaban J connectivity index is 0.983. The van der Waals surface area contributed by atoms with Gasteiger partial charge in [-0.05, 0) is 130 Å². The average molecular weight is 715 g/mol. The third-order valence-corrected chi connectivity index (χ3v) is 17.5. The van der Waals surface area contributed by atoms with Gasteiger partial charge in [-0.1, -0.05) is 34.6 Å². The molecule has 0 aromatic carbocycles. The van der Waals surface area contributed by atoms with Crippen molar-refractivity contribution in [3.8, 4) is 0 Å². The topological polar surface area (TPSA) is 101 Å². The van der Waals surface area contributed by atoms with Gasteiger partial charge in [0, 0.05) is 38.1 Å². The van der Waals surface area contributed by atoms with E-state index in [1.54, 1.807) is 0 Å². The zero-order valence-corrected chi connectivity index (χ0v) is 33.3. The van der Waals surface area contributed by atoms with Crippen LogP contribution in [-0.2, 0) is 23.7 Å². The Labute approximate surface area is 307 Å². The maximum absolute atomic E-state index is 13.2. The van der Waals surface area contributed by atoms with Gasteiger partial charge in [0.1, 0.15) is 6.10 Å². The molecular weight excluding hydrogens is 644 g/mol. The van der Waals surface area contributed by atoms with Crippen LogP contribution in [0.1, 0.15) is 113 Å². The molecule has 0 aromatic heterocycles. The minimum absolute atomic E-state index is 0.000942. The molecule has 0 radical (unpaired) electrons. The largest absolute Gasteiger partial charge is 0.390 e. The monoisotopic (exact) mass is 715 g/mol. The molecule has 3 saturated heterocycles. The van der Waals surface area contributed by atoms with E-state index in [0.29, 0.717) is 67.7 Å². The number of likely N-dealkylation sites (tertiary alicyclic amines) is 1. The van der Waals surface area contributed by atoms with Crippen LogP contribution in [-0.4, -0.2) is 115 Å². The first kappa shape index (κ1) is 37.1. The molecular formula is C42H70N2O7. The lowest BCUT2D eigenvalue weighted by molar-refractivity contribution is -0.248. The summed E-state index contributed by atoms with van der Waals surface area (Å²) in [6.07, 6.45) is 7.99. The minimum Gasteiger partial charge on any atom is -0.390 e. The quantitative estimate of drug-likeness (QED) is 0.341. The van der Waals surface area contributed by atoms with Crippen LogP contribution in [0.2, 0.25) is 0 Å². The second-order valence-electron chi connectivity index (χ2n) is 20.6. The summed E-state index contributed by atoms with van der Waals surface area (Å²) in [6.45, 7) is 22.1. The first-order chi connectivity index (χ1) is 23.9. The van der Waals surface area contributed by atoms with Crippen molar-refractivity contribution in [1.82, 2.24) is 9.80 Å². The summed E-state index contributed by atoms with van der Waals surface area (Å²) in [5.74, 6) is 2.44. The number of ether oxygens (including phenoxy) is 4. The number of carbonyl (C=O) groups is 1. The van der Waals surface area contributed by atoms with Gasteiger partial charge in [0.25, 0.3) is 0 Å². The second kappa shape index (κ2) is 12.3. The highest BCUT2D eigenvalue weighted by Crippen LogP contribution is 2.89. The van der Waals surface area contributed by atoms with E-state index in [1.807, 2.05) is 25.7 Å². The Morgan fingerprint density at radius 2 is 1.73 bits per heavy atom. The fraction of sp³-hybridized carbons (Fsp3) is 0.976. The number of aliphatic hydroxyl groups is 2. The lowest BCUT2D eigenvalue weighted by Gasteiger charge is -2.64. The highest BCUT2D eigenvalue weighted by atomic mass is 16.7. The molecule has 9 heteroatoms. The van der Waals surface area contributed by atoms with E-state index in [0.717, 1.165) is 38.8 Å². The van der Waals surface area contributed by atoms with E-state index in [-0.39, 0.29) is 52.2 Å². The molecule has 8 fully saturated rings. The third kappa shape index (κ3) is 5.27. The van der Waals surface area contributed by atoms with Crippen molar-refractivity contribution in [2.45, 2.75) is 156 Å². The Morgan fingerprint density at radius 1 is 1.02 bits per heavy atom. The number of hydrogen-bond donors (Lipinski definition) is 2. The van der Waals surface area contributed by atoms with Gasteiger partial charge in [0.05, 0.1) is 43.2 Å². The molecule has 2 N–H and O–H groups in total. The molecule has 9 nitrogen and oxygen atoms in total. The molecule has 5 saturated carbocycles. The first-order valence-electron chi connectivity index (χ1n) is 20.8. The second-order valence-corrected chi connectivity index (χ2v) is 20.6. The Hall–Kier alpha value is -0.810. The maximum atomic E-state index is 13.2. The number of nitrogens with zero attached hydrogens (tertiary/aromatic N) is 2. The highest BCUT2D eigenvalue weighted by Gasteiger charge is 2.84. The molecule has 8 aliphatic rings. The van der Waals surface area contributed by atoms with Gasteiger partial charge in [0.2, 0.25) is 5.91 Å². The summed E-state index contributed by atoms with van der Waals surface area (Å²) in [7, 11) is 2.12. The van der Waals surface area contributed by atoms with Crippen molar-refractivity contribution in [2.75, 3.05) is 46.4 Å². The number of hydrogen-bond acceptors (Lipinski definition) is 8. The van der Waals surface area contributed by atoms with Crippen molar-refractivity contribution in [3.63, 3.8) is 0 Å². The number of rotatable bonds is 8. The molecule has 0 aromatic rings. The normalized spacial score (nSPS) is 49.9. The van der Waals surface area contributed by atoms with Gasteiger partial charge in [-0.25, -0.2) is 0 Å². The molecule has 1 amide bonds. The fourth-order valence-electron chi connectivity index (χ4n) is 15.1. The SMILES string of the molecule is CCO[C@@H]([C@H]1C[C@@H](C)[C@H]2[C@H](O1)[C@H](O)[C@@]1(C)[C@@H]3CC[C@H]4C(C)(C)[C@@H](O[C@H]5CN(C(=O)CC6CN(C)C6)CCO5)CC[C@@]45C[C@@]35CC[C@]21C)C(C)(C)O. The van der Waals surface area contributed by atoms with E-state index in [4.69, 9.17) is 18.9 Å². The average Bonchev–Trinajstić information content (AvgIpc) is 3.68. The molecule has 3 heterocycles. The smallest absolute Gasteiger partial charge is 0.223 e. The van der Waals surface area contributed by atoms with E-state index in [2.05, 4.69) is 46.6 Å². The van der Waals surface area contributed by atoms with Crippen LogP contribution in [0.3, 0.4) is 0 Å². The summed E-state index contributed by atoms with van der Waals surface area (Å²) in [5.41, 5.74) is -0.688. The first-order valence-corrected chi connectivity index (χ1v) is 20.8. The minimum atomic E-state index is -1.03. The van der Waals surface area contributed by atoms with Crippen LogP contribution in [0.15, 0.2) is 0 Å². The number of amides is 1. The molecule has 14 atom stereocenters. The van der Waals surface area contributed by atoms with Crippen molar-refractivity contribution in [2.24, 2.45) is 56.7 Å². The molecule has 8 rings (SSSR count). The van der Waals surface area contributed by atoms with E-state index in [9.17, 15) is 15.0 Å². The van der Waals surface area contributed by atoms with Crippen LogP contribution in [0.5, 0.6) is 0 Å². The summed E-state index contributed by atoms with van der Waals surface area (Å²) >= 11 is 0. The van der Waals surface area contributed by atoms with Gasteiger partial charge in [-0.2, -0.15) is 0 Å². The summed E-state index contributed by atoms with van der Waals surface area (Å²) in [6, 6.07) is 0. The Bertz CT molecular complexity index is 1350. The van der Waals surface area contributed by atoms with Crippen LogP contribution in [0.25, 0.3) is 0 Å². The van der Waals surface area contributed by atoms with Crippen LogP contribution < -0.4 is 0 Å². The van der Waals surface area contributed by atoms with Crippen molar-refractivity contribution >= 4 is 5.91 Å². The maximum Gasteiger partial charge on any atom is 0.223 e. The molecule has 2 spiro atoms. The van der Waals surface area contributed by atoms with Gasteiger partial charge in [-0.15, -0.1) is 0 Å². The zero-order chi connectivity index (χ0) is 36.5. The summed E-state index contributed by atoms with van der Waals surface area (Å²) < 4.78 is 26.2. The van der Waals surface area contributed by atoms with E-state index in [1.165, 1.54) is 25.7 Å². The summed E-state index contributed by atoms with van der Waals surface area (Å²) in [4.78, 5) is 17.4. The predicted molar refractivity (Wildman–Crippen MR) is 195 cm³/mol. The van der Waals surface area contributed by atoms with Crippen LogP contribution in [0, 0.1) is 56.7 Å². The van der Waals surface area contributed by atoms with Crippen molar-refractivity contribution in [1.29, 1.82) is 0 Å². The van der Waals surface area contributed by atoms with E-state index < -0.39 is 17.8 Å². The Kier molecular flexibility index (Phi) is 8.99. The van der Waals surface area contributed by atoms with E-state index >= 15 is 0 Å². The van der Waals surface area contributed by atoms with Crippen LogP contribution >= 0.6 is 0 Å². The number of carbonyl (C=O) groups excluding carboxylic acids is 1. The molecule has 290 valence electrons. The number of morpholine rings is 1. The van der Waals surface area contributed by atoms with Crippen molar-refractivity contribution < 1.29 is 34.0 Å². The standard InChI is InChI=1S/C42H70N2O7/c1-10-48-36(38(5,6)47)27-19-25(2)33-34(50-27)35(46)40(8)29-12-11-28-37(3,4)30(13-14-41(28)24-42(29,41)16-15-39(33,40)7)51-32-23-44(17-18-49-32)31(45)20-26-21-43(9)22-26/h25-30,32-36,46-47H,10-24H2,1-9H3/t25-,27-,28+,29+,30+,32+,33+,34+,35+,36+,39-,40-,41-,42+/m1/s1. The molecule has 0 bridgehead atoms. The predicted octanol–water partition coefficient (Wildman–Crippen LogP) is 5.50. The summed E-state index contributed by atoms with van der Waals surface area (Å²) in [5, 5.41) is 23.7. The lowest BCUT2D eigenvalue weighted by atomic mass is 9.41. The van der Waals surface area contributed by atoms with Crippen LogP contribution in [0.4, 0.5) is 0 Å². The van der Waals surface area contributed by atoms with Crippen molar-refractivity contribution in [3.05, 3.63) is 0 Å². The van der Waals surface area contributed by atoms with Gasteiger partial charge >= 0.3 is 0 Å². The zero-order valence-electron chi connectivity index (χ0n) is 33.3. The molecule has 0 unspecified atom stereocenters.